The Morgan fingerprint density at radius 2 is 2.00 bits per heavy atom. The van der Waals surface area contributed by atoms with Crippen molar-refractivity contribution >= 4 is 22.2 Å². The van der Waals surface area contributed by atoms with Crippen LogP contribution in [0.1, 0.15) is 21.5 Å². The van der Waals surface area contributed by atoms with Gasteiger partial charge in [-0.1, -0.05) is 6.07 Å². The molecule has 12 heavy (non-hydrogen) atoms. The van der Waals surface area contributed by atoms with E-state index in [-0.39, 0.29) is 5.97 Å². The van der Waals surface area contributed by atoms with E-state index in [4.69, 9.17) is 0 Å². The SMILES string of the molecule is Cc1ccc(C(=O)OBr)cc1C. The van der Waals surface area contributed by atoms with Crippen molar-refractivity contribution in [2.75, 3.05) is 0 Å². The van der Waals surface area contributed by atoms with Crippen LogP contribution < -0.4 is 0 Å². The highest BCUT2D eigenvalue weighted by Crippen LogP contribution is 2.11. The molecule has 0 saturated carbocycles. The molecule has 0 aliphatic rings. The summed E-state index contributed by atoms with van der Waals surface area (Å²) < 4.78 is 4.40. The van der Waals surface area contributed by atoms with Gasteiger partial charge < -0.3 is 3.83 Å². The van der Waals surface area contributed by atoms with Gasteiger partial charge in [-0.2, -0.15) is 0 Å². The molecule has 0 atom stereocenters. The fourth-order valence-electron chi connectivity index (χ4n) is 0.913. The maximum atomic E-state index is 11.0. The van der Waals surface area contributed by atoms with Crippen molar-refractivity contribution in [1.29, 1.82) is 0 Å². The van der Waals surface area contributed by atoms with E-state index in [1.54, 1.807) is 12.1 Å². The van der Waals surface area contributed by atoms with E-state index >= 15 is 0 Å². The lowest BCUT2D eigenvalue weighted by molar-refractivity contribution is 0.0782. The van der Waals surface area contributed by atoms with Crippen LogP contribution in [0.3, 0.4) is 0 Å². The smallest absolute Gasteiger partial charge is 0.349 e. The summed E-state index contributed by atoms with van der Waals surface area (Å²) in [6.07, 6.45) is 0. The average molecular weight is 229 g/mol. The van der Waals surface area contributed by atoms with E-state index < -0.39 is 0 Å². The zero-order valence-corrected chi connectivity index (χ0v) is 8.51. The molecule has 0 bridgehead atoms. The topological polar surface area (TPSA) is 26.3 Å². The van der Waals surface area contributed by atoms with E-state index in [0.29, 0.717) is 5.56 Å². The largest absolute Gasteiger partial charge is 0.380 e. The Hall–Kier alpha value is -0.830. The number of carbonyl (C=O) groups is 1. The Kier molecular flexibility index (Phi) is 2.87. The molecule has 0 spiro atoms. The number of carbonyl (C=O) groups excluding carboxylic acids is 1. The number of rotatable bonds is 1. The molecular formula is C9H9BrO2. The third kappa shape index (κ3) is 1.85. The van der Waals surface area contributed by atoms with Gasteiger partial charge in [-0.25, -0.2) is 4.79 Å². The number of halogens is 1. The average Bonchev–Trinajstić information content (AvgIpc) is 2.08. The molecule has 3 heteroatoms. The van der Waals surface area contributed by atoms with E-state index in [2.05, 4.69) is 20.1 Å². The summed E-state index contributed by atoms with van der Waals surface area (Å²) in [7, 11) is 0. The van der Waals surface area contributed by atoms with E-state index in [0.717, 1.165) is 5.56 Å². The van der Waals surface area contributed by atoms with Gasteiger partial charge in [0.2, 0.25) is 0 Å². The lowest BCUT2D eigenvalue weighted by Crippen LogP contribution is -1.98. The van der Waals surface area contributed by atoms with Crippen molar-refractivity contribution in [2.24, 2.45) is 0 Å². The molecule has 0 aromatic heterocycles. The molecule has 0 heterocycles. The first-order chi connectivity index (χ1) is 5.65. The van der Waals surface area contributed by atoms with Gasteiger partial charge in [-0.15, -0.1) is 0 Å². The standard InChI is InChI=1S/C9H9BrO2/c1-6-3-4-8(5-7(6)2)9(11)12-10/h3-5H,1-2H3. The summed E-state index contributed by atoms with van der Waals surface area (Å²) in [6, 6.07) is 5.44. The summed E-state index contributed by atoms with van der Waals surface area (Å²) in [5, 5.41) is 0. The Morgan fingerprint density at radius 1 is 1.33 bits per heavy atom. The molecule has 0 amide bonds. The minimum atomic E-state index is -0.363. The summed E-state index contributed by atoms with van der Waals surface area (Å²) in [5.41, 5.74) is 2.82. The molecule has 2 nitrogen and oxygen atoms in total. The predicted octanol–water partition coefficient (Wildman–Crippen LogP) is 2.77. The van der Waals surface area contributed by atoms with Crippen LogP contribution in [0.2, 0.25) is 0 Å². The predicted molar refractivity (Wildman–Crippen MR) is 50.3 cm³/mol. The molecule has 0 N–H and O–H groups in total. The monoisotopic (exact) mass is 228 g/mol. The Balaban J connectivity index is 3.05. The second kappa shape index (κ2) is 3.72. The lowest BCUT2D eigenvalue weighted by atomic mass is 10.1. The number of hydrogen-bond donors (Lipinski definition) is 0. The van der Waals surface area contributed by atoms with Crippen LogP contribution in [-0.2, 0) is 3.83 Å². The van der Waals surface area contributed by atoms with Crippen LogP contribution in [0.15, 0.2) is 18.2 Å². The van der Waals surface area contributed by atoms with Gasteiger partial charge in [0.1, 0.15) is 0 Å². The fourth-order valence-corrected chi connectivity index (χ4v) is 1.10. The lowest BCUT2D eigenvalue weighted by Gasteiger charge is -2.01. The maximum absolute atomic E-state index is 11.0. The molecule has 1 aromatic rings. The zero-order valence-electron chi connectivity index (χ0n) is 6.93. The first kappa shape index (κ1) is 9.26. The molecule has 0 radical (unpaired) electrons. The van der Waals surface area contributed by atoms with Crippen molar-refractivity contribution in [1.82, 2.24) is 0 Å². The summed E-state index contributed by atoms with van der Waals surface area (Å²) in [4.78, 5) is 11.0. The van der Waals surface area contributed by atoms with E-state index in [9.17, 15) is 4.79 Å². The van der Waals surface area contributed by atoms with Crippen molar-refractivity contribution in [3.8, 4) is 0 Å². The van der Waals surface area contributed by atoms with Gasteiger partial charge in [0, 0.05) is 0 Å². The third-order valence-corrected chi connectivity index (χ3v) is 2.11. The fraction of sp³-hybridized carbons (Fsp3) is 0.222. The Labute approximate surface area is 80.0 Å². The quantitative estimate of drug-likeness (QED) is 0.740. The third-order valence-electron chi connectivity index (χ3n) is 1.81. The van der Waals surface area contributed by atoms with Gasteiger partial charge in [0.25, 0.3) is 0 Å². The van der Waals surface area contributed by atoms with Crippen molar-refractivity contribution in [3.05, 3.63) is 34.9 Å². The first-order valence-electron chi connectivity index (χ1n) is 3.55. The molecule has 64 valence electrons. The van der Waals surface area contributed by atoms with Crippen LogP contribution >= 0.6 is 16.3 Å². The van der Waals surface area contributed by atoms with Gasteiger partial charge in [-0.05, 0) is 37.1 Å². The Bertz CT molecular complexity index is 307. The molecule has 1 aromatic carbocycles. The molecule has 0 saturated heterocycles. The summed E-state index contributed by atoms with van der Waals surface area (Å²) in [5.74, 6) is -0.363. The molecule has 1 rings (SSSR count). The van der Waals surface area contributed by atoms with Gasteiger partial charge in [0.15, 0.2) is 16.3 Å². The van der Waals surface area contributed by atoms with E-state index in [1.165, 1.54) is 5.56 Å². The minimum absolute atomic E-state index is 0.363. The van der Waals surface area contributed by atoms with Gasteiger partial charge in [0.05, 0.1) is 5.56 Å². The molecule has 0 fully saturated rings. The molecular weight excluding hydrogens is 220 g/mol. The summed E-state index contributed by atoms with van der Waals surface area (Å²) in [6.45, 7) is 3.96. The van der Waals surface area contributed by atoms with Crippen LogP contribution in [0.5, 0.6) is 0 Å². The highest BCUT2D eigenvalue weighted by Gasteiger charge is 2.05. The molecule has 0 unspecified atom stereocenters. The van der Waals surface area contributed by atoms with Gasteiger partial charge in [-0.3, -0.25) is 0 Å². The van der Waals surface area contributed by atoms with E-state index in [1.807, 2.05) is 19.9 Å². The van der Waals surface area contributed by atoms with Crippen molar-refractivity contribution in [2.45, 2.75) is 13.8 Å². The van der Waals surface area contributed by atoms with Crippen molar-refractivity contribution in [3.63, 3.8) is 0 Å². The van der Waals surface area contributed by atoms with Crippen LogP contribution in [-0.4, -0.2) is 5.97 Å². The first-order valence-corrected chi connectivity index (χ1v) is 4.20. The summed E-state index contributed by atoms with van der Waals surface area (Å²) >= 11 is 2.65. The normalized spacial score (nSPS) is 9.58. The number of aryl methyl sites for hydroxylation is 2. The number of benzene rings is 1. The van der Waals surface area contributed by atoms with Gasteiger partial charge >= 0.3 is 5.97 Å². The Morgan fingerprint density at radius 3 is 2.50 bits per heavy atom. The second-order valence-corrected chi connectivity index (χ2v) is 2.99. The second-order valence-electron chi connectivity index (χ2n) is 2.66. The van der Waals surface area contributed by atoms with Crippen molar-refractivity contribution < 1.29 is 8.62 Å². The molecule has 0 aliphatic heterocycles. The molecule has 0 aliphatic carbocycles. The van der Waals surface area contributed by atoms with Crippen LogP contribution in [0.25, 0.3) is 0 Å². The number of hydrogen-bond acceptors (Lipinski definition) is 2. The zero-order chi connectivity index (χ0) is 9.14. The van der Waals surface area contributed by atoms with Crippen LogP contribution in [0.4, 0.5) is 0 Å². The maximum Gasteiger partial charge on any atom is 0.349 e. The highest BCUT2D eigenvalue weighted by atomic mass is 79.9. The minimum Gasteiger partial charge on any atom is -0.380 e. The highest BCUT2D eigenvalue weighted by molar-refractivity contribution is 9.06. The van der Waals surface area contributed by atoms with Crippen LogP contribution in [0, 0.1) is 13.8 Å².